The van der Waals surface area contributed by atoms with Crippen molar-refractivity contribution in [1.29, 1.82) is 0 Å². The Morgan fingerprint density at radius 1 is 1.33 bits per heavy atom. The van der Waals surface area contributed by atoms with Gasteiger partial charge >= 0.3 is 0 Å². The highest BCUT2D eigenvalue weighted by Crippen LogP contribution is 2.37. The molecule has 1 atom stereocenters. The van der Waals surface area contributed by atoms with Gasteiger partial charge in [0.25, 0.3) is 0 Å². The van der Waals surface area contributed by atoms with Gasteiger partial charge in [0.05, 0.1) is 0 Å². The molecule has 0 aliphatic heterocycles. The maximum Gasteiger partial charge on any atom is 0.0411 e. The van der Waals surface area contributed by atoms with Gasteiger partial charge in [0.2, 0.25) is 0 Å². The summed E-state index contributed by atoms with van der Waals surface area (Å²) in [5, 5.41) is 3.62. The van der Waals surface area contributed by atoms with Crippen molar-refractivity contribution in [3.63, 3.8) is 0 Å². The first-order valence-electron chi connectivity index (χ1n) is 7.26. The molecule has 100 valence electrons. The predicted molar refractivity (Wildman–Crippen MR) is 82.5 cm³/mol. The third kappa shape index (κ3) is 3.52. The van der Waals surface area contributed by atoms with E-state index in [1.807, 2.05) is 11.8 Å². The van der Waals surface area contributed by atoms with Crippen LogP contribution in [0.3, 0.4) is 0 Å². The summed E-state index contributed by atoms with van der Waals surface area (Å²) in [5.74, 6) is 3.22. The van der Waals surface area contributed by atoms with Crippen molar-refractivity contribution in [3.05, 3.63) is 35.4 Å². The summed E-state index contributed by atoms with van der Waals surface area (Å²) < 4.78 is 0. The molecule has 1 unspecified atom stereocenters. The average Bonchev–Trinajstić information content (AvgIpc) is 2.33. The molecule has 0 amide bonds. The fourth-order valence-electron chi connectivity index (χ4n) is 2.53. The third-order valence-corrected chi connectivity index (χ3v) is 4.81. The lowest BCUT2D eigenvalue weighted by Crippen LogP contribution is -2.23. The van der Waals surface area contributed by atoms with Crippen LogP contribution in [0.5, 0.6) is 0 Å². The quantitative estimate of drug-likeness (QED) is 0.784. The van der Waals surface area contributed by atoms with E-state index < -0.39 is 0 Å². The Kier molecular flexibility index (Phi) is 5.58. The minimum atomic E-state index is 0.514. The van der Waals surface area contributed by atoms with Crippen molar-refractivity contribution >= 4 is 11.8 Å². The molecule has 0 spiro atoms. The summed E-state index contributed by atoms with van der Waals surface area (Å²) in [7, 11) is 0. The van der Waals surface area contributed by atoms with Crippen LogP contribution in [-0.2, 0) is 0 Å². The van der Waals surface area contributed by atoms with Crippen LogP contribution in [0.4, 0.5) is 0 Å². The standard InChI is InChI=1S/C16H25NS/c1-3-17-16(12-18-4-2)15-10-6-9-14(11-15)13-7-5-8-13/h6,9-11,13,16-17H,3-5,7-8,12H2,1-2H3. The highest BCUT2D eigenvalue weighted by molar-refractivity contribution is 7.99. The lowest BCUT2D eigenvalue weighted by atomic mass is 9.79. The number of rotatable bonds is 7. The Hall–Kier alpha value is -0.470. The number of thioether (sulfide) groups is 1. The first-order valence-corrected chi connectivity index (χ1v) is 8.41. The first-order chi connectivity index (χ1) is 8.85. The first kappa shape index (κ1) is 14.0. The molecule has 2 heteroatoms. The van der Waals surface area contributed by atoms with Gasteiger partial charge < -0.3 is 5.32 Å². The molecule has 1 aliphatic carbocycles. The van der Waals surface area contributed by atoms with Crippen molar-refractivity contribution in [2.45, 2.75) is 45.1 Å². The van der Waals surface area contributed by atoms with Crippen molar-refractivity contribution in [2.75, 3.05) is 18.1 Å². The number of hydrogen-bond acceptors (Lipinski definition) is 2. The maximum atomic E-state index is 3.62. The molecular formula is C16H25NS. The van der Waals surface area contributed by atoms with E-state index in [9.17, 15) is 0 Å². The molecule has 1 nitrogen and oxygen atoms in total. The van der Waals surface area contributed by atoms with Crippen LogP contribution in [0.2, 0.25) is 0 Å². The van der Waals surface area contributed by atoms with E-state index in [1.54, 1.807) is 5.56 Å². The zero-order valence-electron chi connectivity index (χ0n) is 11.6. The van der Waals surface area contributed by atoms with Gasteiger partial charge in [-0.2, -0.15) is 11.8 Å². The maximum absolute atomic E-state index is 3.62. The predicted octanol–water partition coefficient (Wildman–Crippen LogP) is 4.36. The van der Waals surface area contributed by atoms with Gasteiger partial charge in [0.1, 0.15) is 0 Å². The van der Waals surface area contributed by atoms with Gasteiger partial charge in [-0.1, -0.05) is 44.5 Å². The Labute approximate surface area is 116 Å². The van der Waals surface area contributed by atoms with E-state index in [4.69, 9.17) is 0 Å². The summed E-state index contributed by atoms with van der Waals surface area (Å²) in [5.41, 5.74) is 3.03. The molecule has 1 aromatic rings. The van der Waals surface area contributed by atoms with Crippen molar-refractivity contribution < 1.29 is 0 Å². The molecule has 0 bridgehead atoms. The van der Waals surface area contributed by atoms with Crippen molar-refractivity contribution in [2.24, 2.45) is 0 Å². The molecule has 1 aliphatic rings. The van der Waals surface area contributed by atoms with Crippen LogP contribution in [0.15, 0.2) is 24.3 Å². The lowest BCUT2D eigenvalue weighted by Gasteiger charge is -2.27. The largest absolute Gasteiger partial charge is 0.310 e. The van der Waals surface area contributed by atoms with Crippen LogP contribution in [-0.4, -0.2) is 18.1 Å². The lowest BCUT2D eigenvalue weighted by molar-refractivity contribution is 0.419. The number of nitrogens with one attached hydrogen (secondary N) is 1. The smallest absolute Gasteiger partial charge is 0.0411 e. The fraction of sp³-hybridized carbons (Fsp3) is 0.625. The minimum Gasteiger partial charge on any atom is -0.310 e. The molecule has 1 fully saturated rings. The second-order valence-electron chi connectivity index (χ2n) is 5.07. The Bertz CT molecular complexity index is 360. The van der Waals surface area contributed by atoms with Crippen LogP contribution in [0, 0.1) is 0 Å². The van der Waals surface area contributed by atoms with E-state index in [1.165, 1.54) is 36.3 Å². The SMILES string of the molecule is CCNC(CSCC)c1cccc(C2CCC2)c1. The Balaban J connectivity index is 2.07. The van der Waals surface area contributed by atoms with Crippen LogP contribution in [0.25, 0.3) is 0 Å². The number of benzene rings is 1. The van der Waals surface area contributed by atoms with E-state index in [0.29, 0.717) is 6.04 Å². The van der Waals surface area contributed by atoms with Gasteiger partial charge in [0, 0.05) is 11.8 Å². The van der Waals surface area contributed by atoms with Crippen molar-refractivity contribution in [3.8, 4) is 0 Å². The Morgan fingerprint density at radius 2 is 2.17 bits per heavy atom. The second kappa shape index (κ2) is 7.20. The zero-order valence-corrected chi connectivity index (χ0v) is 12.4. The van der Waals surface area contributed by atoms with Crippen LogP contribution in [0.1, 0.15) is 56.2 Å². The molecule has 1 aromatic carbocycles. The monoisotopic (exact) mass is 263 g/mol. The summed E-state index contributed by atoms with van der Waals surface area (Å²) in [6.07, 6.45) is 4.19. The average molecular weight is 263 g/mol. The highest BCUT2D eigenvalue weighted by Gasteiger charge is 2.20. The molecule has 0 heterocycles. The molecular weight excluding hydrogens is 238 g/mol. The van der Waals surface area contributed by atoms with E-state index in [-0.39, 0.29) is 0 Å². The number of hydrogen-bond donors (Lipinski definition) is 1. The Morgan fingerprint density at radius 3 is 2.78 bits per heavy atom. The van der Waals surface area contributed by atoms with Crippen LogP contribution >= 0.6 is 11.8 Å². The molecule has 2 rings (SSSR count). The summed E-state index contributed by atoms with van der Waals surface area (Å²) in [6, 6.07) is 9.78. The second-order valence-corrected chi connectivity index (χ2v) is 6.39. The molecule has 1 N–H and O–H groups in total. The van der Waals surface area contributed by atoms with Gasteiger partial charge in [-0.05, 0) is 42.2 Å². The molecule has 0 radical (unpaired) electrons. The highest BCUT2D eigenvalue weighted by atomic mass is 32.2. The van der Waals surface area contributed by atoms with Gasteiger partial charge in [-0.3, -0.25) is 0 Å². The van der Waals surface area contributed by atoms with Gasteiger partial charge in [-0.15, -0.1) is 0 Å². The minimum absolute atomic E-state index is 0.514. The molecule has 18 heavy (non-hydrogen) atoms. The molecule has 0 saturated heterocycles. The summed E-state index contributed by atoms with van der Waals surface area (Å²) in [6.45, 7) is 5.47. The topological polar surface area (TPSA) is 12.0 Å². The third-order valence-electron chi connectivity index (χ3n) is 3.83. The molecule has 0 aromatic heterocycles. The zero-order chi connectivity index (χ0) is 12.8. The van der Waals surface area contributed by atoms with Gasteiger partial charge in [0.15, 0.2) is 0 Å². The van der Waals surface area contributed by atoms with E-state index in [2.05, 4.69) is 43.4 Å². The molecule has 1 saturated carbocycles. The van der Waals surface area contributed by atoms with Crippen LogP contribution < -0.4 is 5.32 Å². The normalized spacial score (nSPS) is 17.4. The summed E-state index contributed by atoms with van der Waals surface area (Å²) in [4.78, 5) is 0. The van der Waals surface area contributed by atoms with E-state index in [0.717, 1.165) is 12.5 Å². The summed E-state index contributed by atoms with van der Waals surface area (Å²) >= 11 is 2.02. The van der Waals surface area contributed by atoms with Crippen molar-refractivity contribution in [1.82, 2.24) is 5.32 Å². The fourth-order valence-corrected chi connectivity index (χ4v) is 3.31. The van der Waals surface area contributed by atoms with Gasteiger partial charge in [-0.25, -0.2) is 0 Å². The van der Waals surface area contributed by atoms with E-state index >= 15 is 0 Å².